The predicted octanol–water partition coefficient (Wildman–Crippen LogP) is 4.53. The van der Waals surface area contributed by atoms with Crippen LogP contribution in [0.1, 0.15) is 15.9 Å². The molecule has 25 heavy (non-hydrogen) atoms. The van der Waals surface area contributed by atoms with E-state index in [-0.39, 0.29) is 5.82 Å². The zero-order valence-electron chi connectivity index (χ0n) is 13.1. The lowest BCUT2D eigenvalue weighted by Gasteiger charge is -2.09. The number of aromatic nitrogens is 1. The first-order chi connectivity index (χ1) is 12.1. The van der Waals surface area contributed by atoms with Crippen LogP contribution in [0.3, 0.4) is 0 Å². The molecule has 1 heterocycles. The van der Waals surface area contributed by atoms with E-state index in [1.54, 1.807) is 42.5 Å². The van der Waals surface area contributed by atoms with E-state index in [9.17, 15) is 9.18 Å². The van der Waals surface area contributed by atoms with Crippen molar-refractivity contribution in [1.82, 2.24) is 4.57 Å². The number of amides is 1. The van der Waals surface area contributed by atoms with Gasteiger partial charge in [-0.1, -0.05) is 35.9 Å². The highest BCUT2D eigenvalue weighted by atomic mass is 35.5. The highest BCUT2D eigenvalue weighted by molar-refractivity contribution is 6.31. The van der Waals surface area contributed by atoms with Crippen molar-refractivity contribution in [2.75, 3.05) is 0 Å². The summed E-state index contributed by atoms with van der Waals surface area (Å²) in [4.78, 5) is 11.9. The van der Waals surface area contributed by atoms with Gasteiger partial charge in [0.2, 0.25) is 5.91 Å². The van der Waals surface area contributed by atoms with Crippen molar-refractivity contribution < 1.29 is 9.18 Å². The zero-order valence-corrected chi connectivity index (χ0v) is 13.8. The molecule has 0 spiro atoms. The number of carbonyl (C=O) groups is 1. The van der Waals surface area contributed by atoms with E-state index in [0.29, 0.717) is 28.1 Å². The molecule has 1 aromatic heterocycles. The van der Waals surface area contributed by atoms with Gasteiger partial charge in [-0.05, 0) is 36.4 Å². The summed E-state index contributed by atoms with van der Waals surface area (Å²) in [5.41, 5.74) is 8.06. The van der Waals surface area contributed by atoms with Gasteiger partial charge >= 0.3 is 0 Å². The topological polar surface area (TPSA) is 48.0 Å². The lowest BCUT2D eigenvalue weighted by molar-refractivity contribution is 0.100. The number of benzene rings is 3. The molecule has 0 unspecified atom stereocenters. The second-order valence-corrected chi connectivity index (χ2v) is 6.26. The Kier molecular flexibility index (Phi) is 3.70. The summed E-state index contributed by atoms with van der Waals surface area (Å²) in [6.45, 7) is 0.309. The van der Waals surface area contributed by atoms with Gasteiger partial charge in [0.15, 0.2) is 0 Å². The monoisotopic (exact) mass is 351 g/mol. The lowest BCUT2D eigenvalue weighted by Crippen LogP contribution is -2.11. The van der Waals surface area contributed by atoms with Crippen molar-refractivity contribution >= 4 is 39.3 Å². The van der Waals surface area contributed by atoms with Crippen LogP contribution in [0.15, 0.2) is 54.6 Å². The maximum Gasteiger partial charge on any atom is 0.249 e. The molecular formula is C20H13ClFN2O. The largest absolute Gasteiger partial charge is 0.366 e. The average molecular weight is 352 g/mol. The minimum absolute atomic E-state index is 0.283. The number of fused-ring (bicyclic) bond motifs is 3. The third kappa shape index (κ3) is 2.55. The number of nitrogens with zero attached hydrogens (tertiary/aromatic N) is 1. The summed E-state index contributed by atoms with van der Waals surface area (Å²) >= 11 is 6.14. The zero-order chi connectivity index (χ0) is 17.6. The Morgan fingerprint density at radius 1 is 1.16 bits per heavy atom. The second kappa shape index (κ2) is 5.90. The van der Waals surface area contributed by atoms with Crippen molar-refractivity contribution in [1.29, 1.82) is 0 Å². The fourth-order valence-electron chi connectivity index (χ4n) is 3.20. The molecule has 0 saturated carbocycles. The molecule has 1 radical (unpaired) electrons. The fourth-order valence-corrected chi connectivity index (χ4v) is 3.36. The van der Waals surface area contributed by atoms with Crippen molar-refractivity contribution in [3.05, 3.63) is 82.6 Å². The second-order valence-electron chi connectivity index (χ2n) is 5.82. The van der Waals surface area contributed by atoms with Gasteiger partial charge < -0.3 is 10.3 Å². The van der Waals surface area contributed by atoms with Gasteiger partial charge in [-0.15, -0.1) is 0 Å². The number of primary amides is 1. The molecule has 0 aliphatic carbocycles. The Balaban J connectivity index is 2.08. The van der Waals surface area contributed by atoms with Crippen LogP contribution in [0, 0.1) is 11.9 Å². The Labute approximate surface area is 148 Å². The molecule has 0 saturated heterocycles. The van der Waals surface area contributed by atoms with Gasteiger partial charge in [0.25, 0.3) is 0 Å². The lowest BCUT2D eigenvalue weighted by atomic mass is 10.1. The molecule has 3 aromatic carbocycles. The third-order valence-electron chi connectivity index (χ3n) is 4.31. The number of rotatable bonds is 3. The Morgan fingerprint density at radius 3 is 2.72 bits per heavy atom. The van der Waals surface area contributed by atoms with Crippen molar-refractivity contribution in [2.24, 2.45) is 5.73 Å². The van der Waals surface area contributed by atoms with E-state index < -0.39 is 5.91 Å². The van der Waals surface area contributed by atoms with Gasteiger partial charge in [0, 0.05) is 26.9 Å². The first-order valence-corrected chi connectivity index (χ1v) is 8.09. The average Bonchev–Trinajstić information content (AvgIpc) is 2.90. The number of nitrogens with two attached hydrogens (primary N) is 1. The maximum absolute atomic E-state index is 14.1. The van der Waals surface area contributed by atoms with Gasteiger partial charge in [0.05, 0.1) is 17.6 Å². The fraction of sp³-hybridized carbons (Fsp3) is 0.0500. The van der Waals surface area contributed by atoms with Crippen LogP contribution in [-0.2, 0) is 6.54 Å². The smallest absolute Gasteiger partial charge is 0.249 e. The minimum Gasteiger partial charge on any atom is -0.366 e. The summed E-state index contributed by atoms with van der Waals surface area (Å²) in [5.74, 6) is -0.798. The quantitative estimate of drug-likeness (QED) is 0.579. The Bertz CT molecular complexity index is 1130. The van der Waals surface area contributed by atoms with Gasteiger partial charge in [-0.25, -0.2) is 4.39 Å². The molecule has 0 fully saturated rings. The standard InChI is InChI=1S/C20H13ClFN2O/c21-13-8-9-14-18(10-13)24(11-12-4-1-2-6-16(12)22)17-7-3-5-15(19(14)17)20(23)25/h1-8,10H,11H2,(H2,23,25). The molecule has 2 N–H and O–H groups in total. The van der Waals surface area contributed by atoms with E-state index >= 15 is 0 Å². The van der Waals surface area contributed by atoms with Crippen LogP contribution in [0.25, 0.3) is 21.8 Å². The molecule has 4 aromatic rings. The number of carbonyl (C=O) groups excluding carboxylic acids is 1. The highest BCUT2D eigenvalue weighted by Crippen LogP contribution is 2.33. The Morgan fingerprint density at radius 2 is 1.96 bits per heavy atom. The molecule has 4 rings (SSSR count). The number of hydrogen-bond donors (Lipinski definition) is 1. The van der Waals surface area contributed by atoms with E-state index in [1.165, 1.54) is 6.07 Å². The number of hydrogen-bond acceptors (Lipinski definition) is 1. The molecule has 0 aliphatic heterocycles. The van der Waals surface area contributed by atoms with Gasteiger partial charge in [-0.2, -0.15) is 0 Å². The van der Waals surface area contributed by atoms with E-state index in [0.717, 1.165) is 16.4 Å². The first kappa shape index (κ1) is 15.7. The van der Waals surface area contributed by atoms with Crippen LogP contribution in [0.4, 0.5) is 4.39 Å². The molecule has 0 aliphatic rings. The van der Waals surface area contributed by atoms with Crippen LogP contribution in [0.2, 0.25) is 5.02 Å². The summed E-state index contributed by atoms with van der Waals surface area (Å²) in [6, 6.07) is 18.5. The van der Waals surface area contributed by atoms with E-state index in [4.69, 9.17) is 17.3 Å². The first-order valence-electron chi connectivity index (χ1n) is 7.71. The molecule has 1 amide bonds. The number of halogens is 2. The predicted molar refractivity (Wildman–Crippen MR) is 97.3 cm³/mol. The normalized spacial score (nSPS) is 11.3. The van der Waals surface area contributed by atoms with Gasteiger partial charge in [-0.3, -0.25) is 4.79 Å². The minimum atomic E-state index is -0.515. The molecular weight excluding hydrogens is 339 g/mol. The SMILES string of the molecule is NC(=O)c1cccc2c1c1[c]cc(Cl)cc1n2Cc1ccccc1F. The third-order valence-corrected chi connectivity index (χ3v) is 4.53. The van der Waals surface area contributed by atoms with E-state index in [1.807, 2.05) is 10.6 Å². The summed E-state index contributed by atoms with van der Waals surface area (Å²) in [7, 11) is 0. The van der Waals surface area contributed by atoms with Crippen LogP contribution < -0.4 is 5.73 Å². The molecule has 0 bridgehead atoms. The summed E-state index contributed by atoms with van der Waals surface area (Å²) in [6.07, 6.45) is 0. The van der Waals surface area contributed by atoms with Crippen molar-refractivity contribution in [3.63, 3.8) is 0 Å². The molecule has 0 atom stereocenters. The Hall–Kier alpha value is -2.85. The summed E-state index contributed by atoms with van der Waals surface area (Å²) in [5, 5.41) is 1.97. The van der Waals surface area contributed by atoms with Crippen LogP contribution >= 0.6 is 11.6 Å². The highest BCUT2D eigenvalue weighted by Gasteiger charge is 2.17. The maximum atomic E-state index is 14.1. The molecule has 123 valence electrons. The summed E-state index contributed by atoms with van der Waals surface area (Å²) < 4.78 is 16.1. The van der Waals surface area contributed by atoms with Crippen LogP contribution in [0.5, 0.6) is 0 Å². The van der Waals surface area contributed by atoms with E-state index in [2.05, 4.69) is 6.07 Å². The van der Waals surface area contributed by atoms with Crippen molar-refractivity contribution in [3.8, 4) is 0 Å². The van der Waals surface area contributed by atoms with Gasteiger partial charge in [0.1, 0.15) is 5.82 Å². The van der Waals surface area contributed by atoms with Crippen LogP contribution in [-0.4, -0.2) is 10.5 Å². The molecule has 5 heteroatoms. The molecule has 3 nitrogen and oxygen atoms in total. The van der Waals surface area contributed by atoms with Crippen molar-refractivity contribution in [2.45, 2.75) is 6.54 Å².